The van der Waals surface area contributed by atoms with E-state index >= 15 is 0 Å². The van der Waals surface area contributed by atoms with Crippen molar-refractivity contribution in [3.05, 3.63) is 34.9 Å². The molecule has 2 amide bonds. The minimum atomic E-state index is -1.07. The number of carbonyl (C=O) groups is 2. The van der Waals surface area contributed by atoms with Crippen molar-refractivity contribution in [2.24, 2.45) is 0 Å². The second-order valence-corrected chi connectivity index (χ2v) is 10.0. The molecule has 1 aliphatic heterocycles. The molecule has 1 aliphatic carbocycles. The number of alkyl carbamates (subject to hydrolysis) is 1. The van der Waals surface area contributed by atoms with Crippen molar-refractivity contribution in [1.82, 2.24) is 10.2 Å². The van der Waals surface area contributed by atoms with Crippen molar-refractivity contribution in [2.75, 3.05) is 13.1 Å². The lowest BCUT2D eigenvalue weighted by Gasteiger charge is -2.40. The maximum atomic E-state index is 13.6. The van der Waals surface area contributed by atoms with Gasteiger partial charge in [-0.25, -0.2) is 4.79 Å². The summed E-state index contributed by atoms with van der Waals surface area (Å²) in [5, 5.41) is 14.9. The summed E-state index contributed by atoms with van der Waals surface area (Å²) in [5.74, 6) is -0.757. The zero-order valence-corrected chi connectivity index (χ0v) is 18.9. The number of benzene rings is 1. The van der Waals surface area contributed by atoms with Gasteiger partial charge in [0.1, 0.15) is 5.60 Å². The number of carbonyl (C=O) groups excluding carboxylic acids is 2. The fraction of sp³-hybridized carbons (Fsp3) is 0.652. The number of hydrogen-bond donors (Lipinski definition) is 2. The van der Waals surface area contributed by atoms with Gasteiger partial charge in [-0.15, -0.1) is 0 Å². The van der Waals surface area contributed by atoms with E-state index in [-0.39, 0.29) is 11.9 Å². The van der Waals surface area contributed by atoms with E-state index in [1.165, 1.54) is 0 Å². The molecule has 0 aromatic heterocycles. The van der Waals surface area contributed by atoms with E-state index in [4.69, 9.17) is 16.3 Å². The minimum absolute atomic E-state index is 0.102. The fourth-order valence-electron chi connectivity index (χ4n) is 4.56. The van der Waals surface area contributed by atoms with Gasteiger partial charge in [0.2, 0.25) is 5.91 Å². The average molecular weight is 437 g/mol. The van der Waals surface area contributed by atoms with Crippen LogP contribution in [0.5, 0.6) is 0 Å². The van der Waals surface area contributed by atoms with E-state index in [9.17, 15) is 14.7 Å². The monoisotopic (exact) mass is 436 g/mol. The third-order valence-corrected chi connectivity index (χ3v) is 6.14. The lowest BCUT2D eigenvalue weighted by molar-refractivity contribution is -0.140. The van der Waals surface area contributed by atoms with Gasteiger partial charge in [0.15, 0.2) is 0 Å². The Balaban J connectivity index is 1.75. The summed E-state index contributed by atoms with van der Waals surface area (Å²) in [6.07, 6.45) is 4.27. The number of halogens is 1. The van der Waals surface area contributed by atoms with E-state index in [0.717, 1.165) is 24.8 Å². The van der Waals surface area contributed by atoms with E-state index in [1.54, 1.807) is 17.0 Å². The van der Waals surface area contributed by atoms with Crippen LogP contribution in [0.4, 0.5) is 4.79 Å². The molecule has 0 radical (unpaired) electrons. The van der Waals surface area contributed by atoms with Gasteiger partial charge < -0.3 is 20.1 Å². The number of rotatable bonds is 4. The summed E-state index contributed by atoms with van der Waals surface area (Å²) in [4.78, 5) is 27.4. The van der Waals surface area contributed by atoms with E-state index < -0.39 is 23.2 Å². The van der Waals surface area contributed by atoms with Crippen LogP contribution in [0, 0.1) is 0 Å². The molecule has 3 rings (SSSR count). The van der Waals surface area contributed by atoms with E-state index in [2.05, 4.69) is 5.32 Å². The summed E-state index contributed by atoms with van der Waals surface area (Å²) < 4.78 is 5.33. The molecule has 1 saturated heterocycles. The van der Waals surface area contributed by atoms with Gasteiger partial charge in [-0.1, -0.05) is 43.0 Å². The Hall–Kier alpha value is -1.79. The highest BCUT2D eigenvalue weighted by molar-refractivity contribution is 6.30. The first-order valence-corrected chi connectivity index (χ1v) is 11.2. The quantitative estimate of drug-likeness (QED) is 0.739. The molecule has 2 N–H and O–H groups in total. The molecule has 1 aromatic carbocycles. The Morgan fingerprint density at radius 1 is 1.27 bits per heavy atom. The molecule has 7 heteroatoms. The maximum Gasteiger partial charge on any atom is 0.407 e. The molecule has 2 fully saturated rings. The summed E-state index contributed by atoms with van der Waals surface area (Å²) in [5.41, 5.74) is -0.892. The highest BCUT2D eigenvalue weighted by atomic mass is 35.5. The molecule has 0 spiro atoms. The molecular formula is C23H33ClN2O4. The van der Waals surface area contributed by atoms with Crippen LogP contribution in [0.15, 0.2) is 24.3 Å². The van der Waals surface area contributed by atoms with Crippen molar-refractivity contribution in [2.45, 2.75) is 82.5 Å². The molecule has 0 bridgehead atoms. The van der Waals surface area contributed by atoms with Crippen molar-refractivity contribution in [3.63, 3.8) is 0 Å². The van der Waals surface area contributed by atoms with E-state index in [1.807, 2.05) is 32.9 Å². The van der Waals surface area contributed by atoms with Crippen LogP contribution in [0.2, 0.25) is 5.02 Å². The third-order valence-electron chi connectivity index (χ3n) is 5.91. The van der Waals surface area contributed by atoms with Gasteiger partial charge in [-0.3, -0.25) is 4.79 Å². The molecule has 2 aliphatic rings. The topological polar surface area (TPSA) is 78.9 Å². The van der Waals surface area contributed by atoms with Gasteiger partial charge >= 0.3 is 6.09 Å². The van der Waals surface area contributed by atoms with Crippen LogP contribution in [-0.2, 0) is 9.53 Å². The number of hydrogen-bond acceptors (Lipinski definition) is 4. The SMILES string of the molecule is CC(C)(C)OC(=O)N[C@H]1CCN(C(=O)[C@H](c2cccc(Cl)c2)C2(O)CCCCC2)C1. The standard InChI is InChI=1S/C23H33ClN2O4/c1-22(2,3)30-21(28)25-18-10-13-26(15-18)20(27)19(16-8-7-9-17(24)14-16)23(29)11-5-4-6-12-23/h7-9,14,18-19,29H,4-6,10-13,15H2,1-3H3,(H,25,28)/t18-,19-/m0/s1. The first-order valence-electron chi connectivity index (χ1n) is 10.8. The normalized spacial score (nSPS) is 22.4. The molecule has 0 unspecified atom stereocenters. The molecule has 1 aromatic rings. The molecule has 2 atom stereocenters. The van der Waals surface area contributed by atoms with Crippen LogP contribution in [-0.4, -0.2) is 52.3 Å². The van der Waals surface area contributed by atoms with E-state index in [0.29, 0.717) is 37.4 Å². The largest absolute Gasteiger partial charge is 0.444 e. The zero-order valence-electron chi connectivity index (χ0n) is 18.1. The summed E-state index contributed by atoms with van der Waals surface area (Å²) in [6, 6.07) is 7.08. The Morgan fingerprint density at radius 2 is 1.97 bits per heavy atom. The molecule has 1 heterocycles. The predicted molar refractivity (Wildman–Crippen MR) is 117 cm³/mol. The van der Waals surface area contributed by atoms with Crippen LogP contribution in [0.25, 0.3) is 0 Å². The van der Waals surface area contributed by atoms with Crippen LogP contribution in [0.1, 0.15) is 70.8 Å². The lowest BCUT2D eigenvalue weighted by Crippen LogP contribution is -2.48. The Kier molecular flexibility index (Phi) is 6.98. The minimum Gasteiger partial charge on any atom is -0.444 e. The molecule has 166 valence electrons. The highest BCUT2D eigenvalue weighted by Crippen LogP contribution is 2.42. The fourth-order valence-corrected chi connectivity index (χ4v) is 4.76. The number of aliphatic hydroxyl groups is 1. The summed E-state index contributed by atoms with van der Waals surface area (Å²) >= 11 is 6.20. The van der Waals surface area contributed by atoms with Crippen LogP contribution < -0.4 is 5.32 Å². The lowest BCUT2D eigenvalue weighted by atomic mass is 9.72. The zero-order chi connectivity index (χ0) is 21.9. The Morgan fingerprint density at radius 3 is 2.60 bits per heavy atom. The summed E-state index contributed by atoms with van der Waals surface area (Å²) in [7, 11) is 0. The third kappa shape index (κ3) is 5.67. The molecule has 30 heavy (non-hydrogen) atoms. The van der Waals surface area contributed by atoms with Gasteiger partial charge in [0.25, 0.3) is 0 Å². The molecular weight excluding hydrogens is 404 g/mol. The van der Waals surface area contributed by atoms with Gasteiger partial charge in [0.05, 0.1) is 17.6 Å². The Bertz CT molecular complexity index is 771. The van der Waals surface area contributed by atoms with Gasteiger partial charge in [0, 0.05) is 18.1 Å². The molecule has 1 saturated carbocycles. The first-order chi connectivity index (χ1) is 14.1. The second-order valence-electron chi connectivity index (χ2n) is 9.57. The maximum absolute atomic E-state index is 13.6. The molecule has 6 nitrogen and oxygen atoms in total. The Labute approximate surface area is 183 Å². The predicted octanol–water partition coefficient (Wildman–Crippen LogP) is 4.24. The average Bonchev–Trinajstić information content (AvgIpc) is 3.09. The van der Waals surface area contributed by atoms with Crippen LogP contribution >= 0.6 is 11.6 Å². The van der Waals surface area contributed by atoms with Crippen molar-refractivity contribution >= 4 is 23.6 Å². The number of ether oxygens (including phenoxy) is 1. The van der Waals surface area contributed by atoms with Crippen molar-refractivity contribution in [3.8, 4) is 0 Å². The number of nitrogens with one attached hydrogen (secondary N) is 1. The number of likely N-dealkylation sites (tertiary alicyclic amines) is 1. The highest BCUT2D eigenvalue weighted by Gasteiger charge is 2.45. The van der Waals surface area contributed by atoms with Gasteiger partial charge in [-0.2, -0.15) is 0 Å². The van der Waals surface area contributed by atoms with Gasteiger partial charge in [-0.05, 0) is 57.7 Å². The smallest absolute Gasteiger partial charge is 0.407 e. The number of nitrogens with zero attached hydrogens (tertiary/aromatic N) is 1. The number of amides is 2. The van der Waals surface area contributed by atoms with Crippen LogP contribution in [0.3, 0.4) is 0 Å². The first kappa shape index (κ1) is 22.9. The second kappa shape index (κ2) is 9.15. The summed E-state index contributed by atoms with van der Waals surface area (Å²) in [6.45, 7) is 6.39. The van der Waals surface area contributed by atoms with Crippen molar-refractivity contribution in [1.29, 1.82) is 0 Å². The van der Waals surface area contributed by atoms with Crippen molar-refractivity contribution < 1.29 is 19.4 Å².